The molecule has 3 nitrogen and oxygen atoms in total. The molecule has 0 amide bonds. The van der Waals surface area contributed by atoms with Gasteiger partial charge in [-0.05, 0) is 0 Å². The Kier molecular flexibility index (Phi) is 6.30. The Hall–Kier alpha value is -3.84. The molecule has 0 aromatic heterocycles. The van der Waals surface area contributed by atoms with Crippen LogP contribution in [0.15, 0.2) is 164 Å². The van der Waals surface area contributed by atoms with Crippen molar-refractivity contribution in [3.63, 3.8) is 0 Å². The van der Waals surface area contributed by atoms with Gasteiger partial charge in [0.05, 0.1) is 0 Å². The zero-order chi connectivity index (χ0) is 25.0. The molecule has 3 unspecified atom stereocenters. The Labute approximate surface area is 225 Å². The second-order valence-electron chi connectivity index (χ2n) is 8.91. The molecule has 0 bridgehead atoms. The van der Waals surface area contributed by atoms with Crippen molar-refractivity contribution in [1.82, 2.24) is 16.0 Å². The molecular weight excluding hydrogens is 545 g/mol. The molecule has 187 valence electrons. The average molecular weight is 575 g/mol. The predicted molar refractivity (Wildman–Crippen MR) is 149 cm³/mol. The van der Waals surface area contributed by atoms with Crippen molar-refractivity contribution in [2.45, 2.75) is 12.0 Å². The van der Waals surface area contributed by atoms with Gasteiger partial charge in [0.2, 0.25) is 0 Å². The molecule has 3 aromatic rings. The van der Waals surface area contributed by atoms with Crippen LogP contribution in [0, 0.1) is 0 Å². The zero-order valence-corrected chi connectivity index (χ0v) is 22.0. The quantitative estimate of drug-likeness (QED) is 0.308. The summed E-state index contributed by atoms with van der Waals surface area (Å²) in [7, 11) is 0. The van der Waals surface area contributed by atoms with Crippen molar-refractivity contribution in [3.05, 3.63) is 181 Å². The third-order valence-electron chi connectivity index (χ3n) is 6.70. The fourth-order valence-electron chi connectivity index (χ4n) is 5.06. The van der Waals surface area contributed by atoms with E-state index in [0.717, 1.165) is 0 Å². The summed E-state index contributed by atoms with van der Waals surface area (Å²) in [6.07, 6.45) is 26.3. The van der Waals surface area contributed by atoms with Crippen LogP contribution in [0.1, 0.15) is 16.7 Å². The van der Waals surface area contributed by atoms with Gasteiger partial charge in [-0.15, -0.1) is 0 Å². The van der Waals surface area contributed by atoms with Gasteiger partial charge in [-0.25, -0.2) is 0 Å². The van der Waals surface area contributed by atoms with Crippen LogP contribution in [-0.4, -0.2) is 0 Å². The van der Waals surface area contributed by atoms with E-state index in [1.807, 2.05) is 0 Å². The van der Waals surface area contributed by atoms with Gasteiger partial charge in [0.25, 0.3) is 0 Å². The van der Waals surface area contributed by atoms with Gasteiger partial charge in [-0.1, -0.05) is 0 Å². The summed E-state index contributed by atoms with van der Waals surface area (Å²) < 4.78 is -1.38. The maximum absolute atomic E-state index is 3.92. The Morgan fingerprint density at radius 1 is 0.378 bits per heavy atom. The number of dihydropyridines is 3. The number of benzene rings is 3. The molecule has 3 aliphatic heterocycles. The number of rotatable bonds is 6. The summed E-state index contributed by atoms with van der Waals surface area (Å²) in [5.41, 5.74) is 3.74. The molecule has 3 atom stereocenters. The SMILES string of the molecule is C1=CN[C](c2ccccc2)([Pd]([C]2(c3ccccc3)C=CC=CN2)[C]2(c3ccccc3)C=CC=CN2)C=C1. The van der Waals surface area contributed by atoms with E-state index in [2.05, 4.69) is 180 Å². The molecule has 0 radical (unpaired) electrons. The number of hydrogen-bond acceptors (Lipinski definition) is 3. The first kappa shape index (κ1) is 23.6. The molecule has 4 heteroatoms. The minimum atomic E-state index is -1.96. The van der Waals surface area contributed by atoms with E-state index in [-0.39, 0.29) is 0 Å². The molecule has 3 aliphatic rings. The van der Waals surface area contributed by atoms with Gasteiger partial charge >= 0.3 is 226 Å². The van der Waals surface area contributed by atoms with Crippen LogP contribution in [0.2, 0.25) is 0 Å². The van der Waals surface area contributed by atoms with Gasteiger partial charge in [0.1, 0.15) is 0 Å². The van der Waals surface area contributed by atoms with E-state index >= 15 is 0 Å². The van der Waals surface area contributed by atoms with E-state index in [9.17, 15) is 0 Å². The molecule has 3 heterocycles. The number of allylic oxidation sites excluding steroid dienone is 6. The van der Waals surface area contributed by atoms with Crippen LogP contribution in [0.4, 0.5) is 0 Å². The van der Waals surface area contributed by atoms with Crippen molar-refractivity contribution in [1.29, 1.82) is 0 Å². The first-order valence-corrected chi connectivity index (χ1v) is 14.8. The summed E-state index contributed by atoms with van der Waals surface area (Å²) in [6, 6.07) is 32.7. The summed E-state index contributed by atoms with van der Waals surface area (Å²) in [4.78, 5) is 0. The summed E-state index contributed by atoms with van der Waals surface area (Å²) in [6.45, 7) is 0. The molecule has 6 rings (SSSR count). The van der Waals surface area contributed by atoms with E-state index < -0.39 is 28.8 Å². The van der Waals surface area contributed by atoms with E-state index in [4.69, 9.17) is 0 Å². The minimum absolute atomic E-state index is 0.460. The van der Waals surface area contributed by atoms with Crippen LogP contribution in [-0.2, 0) is 28.8 Å². The van der Waals surface area contributed by atoms with Crippen LogP contribution < -0.4 is 16.0 Å². The third-order valence-corrected chi connectivity index (χ3v) is 13.2. The molecule has 37 heavy (non-hydrogen) atoms. The number of hydrogen-bond donors (Lipinski definition) is 3. The fourth-order valence-corrected chi connectivity index (χ4v) is 12.4. The molecule has 0 aliphatic carbocycles. The Morgan fingerprint density at radius 2 is 0.676 bits per heavy atom. The normalized spacial score (nSPS) is 27.7. The van der Waals surface area contributed by atoms with Crippen molar-refractivity contribution >= 4 is 0 Å². The third kappa shape index (κ3) is 3.94. The Bertz CT molecular complexity index is 1230. The molecule has 0 saturated carbocycles. The van der Waals surface area contributed by atoms with Crippen molar-refractivity contribution in [2.75, 3.05) is 0 Å². The Morgan fingerprint density at radius 3 is 0.919 bits per heavy atom. The van der Waals surface area contributed by atoms with Crippen LogP contribution >= 0.6 is 0 Å². The molecular formula is C33H30N3Pd. The first-order chi connectivity index (χ1) is 18.3. The molecule has 0 spiro atoms. The van der Waals surface area contributed by atoms with E-state index in [1.54, 1.807) is 0 Å². The molecule has 0 saturated heterocycles. The van der Waals surface area contributed by atoms with E-state index in [0.29, 0.717) is 0 Å². The fraction of sp³-hybridized carbons (Fsp3) is 0.0909. The van der Waals surface area contributed by atoms with Gasteiger partial charge < -0.3 is 0 Å². The Balaban J connectivity index is 1.73. The summed E-state index contributed by atoms with van der Waals surface area (Å²) in [5.74, 6) is 0. The van der Waals surface area contributed by atoms with Gasteiger partial charge in [-0.2, -0.15) is 0 Å². The van der Waals surface area contributed by atoms with Crippen molar-refractivity contribution < 1.29 is 16.8 Å². The van der Waals surface area contributed by atoms with Crippen molar-refractivity contribution in [2.24, 2.45) is 0 Å². The predicted octanol–water partition coefficient (Wildman–Crippen LogP) is 6.18. The molecule has 0 fully saturated rings. The van der Waals surface area contributed by atoms with Crippen LogP contribution in [0.5, 0.6) is 0 Å². The topological polar surface area (TPSA) is 36.1 Å². The molecule has 3 aromatic carbocycles. The van der Waals surface area contributed by atoms with Crippen molar-refractivity contribution in [3.8, 4) is 0 Å². The average Bonchev–Trinajstić information content (AvgIpc) is 3.00. The zero-order valence-electron chi connectivity index (χ0n) is 20.4. The maximum atomic E-state index is 3.92. The summed E-state index contributed by atoms with van der Waals surface area (Å²) in [5, 5.41) is 11.8. The number of nitrogens with one attached hydrogen (secondary N) is 3. The monoisotopic (exact) mass is 574 g/mol. The van der Waals surface area contributed by atoms with Crippen LogP contribution in [0.3, 0.4) is 0 Å². The molecule has 3 N–H and O–H groups in total. The second kappa shape index (κ2) is 9.90. The first-order valence-electron chi connectivity index (χ1n) is 12.4. The van der Waals surface area contributed by atoms with Gasteiger partial charge in [0.15, 0.2) is 0 Å². The summed E-state index contributed by atoms with van der Waals surface area (Å²) >= 11 is -1.96. The van der Waals surface area contributed by atoms with Gasteiger partial charge in [-0.3, -0.25) is 0 Å². The van der Waals surface area contributed by atoms with Gasteiger partial charge in [0, 0.05) is 0 Å². The van der Waals surface area contributed by atoms with Crippen LogP contribution in [0.25, 0.3) is 0 Å². The van der Waals surface area contributed by atoms with E-state index in [1.165, 1.54) is 16.7 Å². The standard InChI is InChI=1S/3C11H10N.Pd/c3*1-2-6-10(7-3-1)11-8-4-5-9-12-11;/h3*1-9,12H;. The second-order valence-corrected chi connectivity index (χ2v) is 13.8.